The van der Waals surface area contributed by atoms with Crippen molar-refractivity contribution in [2.75, 3.05) is 6.61 Å². The number of halogens is 2. The van der Waals surface area contributed by atoms with Crippen molar-refractivity contribution in [2.24, 2.45) is 0 Å². The Kier molecular flexibility index (Phi) is 5.95. The van der Waals surface area contributed by atoms with Crippen molar-refractivity contribution in [1.82, 2.24) is 4.90 Å². The van der Waals surface area contributed by atoms with Gasteiger partial charge in [-0.25, -0.2) is 8.78 Å². The maximum absolute atomic E-state index is 15.5. The van der Waals surface area contributed by atoms with Crippen molar-refractivity contribution in [1.29, 1.82) is 0 Å². The van der Waals surface area contributed by atoms with Gasteiger partial charge in [-0.15, -0.1) is 0 Å². The number of ether oxygens (including phenoxy) is 1. The fraction of sp³-hybridized carbons (Fsp3) is 0.394. The fourth-order valence-corrected chi connectivity index (χ4v) is 6.95. The molecule has 2 aliphatic heterocycles. The Labute approximate surface area is 231 Å². The predicted octanol–water partition coefficient (Wildman–Crippen LogP) is 6.80. The molecule has 0 radical (unpaired) electrons. The van der Waals surface area contributed by atoms with Crippen LogP contribution in [0.3, 0.4) is 0 Å². The van der Waals surface area contributed by atoms with Gasteiger partial charge in [0.05, 0.1) is 13.0 Å². The van der Waals surface area contributed by atoms with Crippen molar-refractivity contribution in [3.63, 3.8) is 0 Å². The Morgan fingerprint density at radius 3 is 2.38 bits per heavy atom. The van der Waals surface area contributed by atoms with Crippen molar-refractivity contribution in [3.8, 4) is 16.9 Å². The normalized spacial score (nSPS) is 17.8. The molecule has 1 N–H and O–H groups in total. The molecule has 2 fully saturated rings. The molecular weight excluding hydrogens is 512 g/mol. The van der Waals surface area contributed by atoms with Crippen LogP contribution in [-0.4, -0.2) is 28.5 Å². The zero-order valence-corrected chi connectivity index (χ0v) is 22.5. The Bertz CT molecular complexity index is 1590. The van der Waals surface area contributed by atoms with E-state index < -0.39 is 17.6 Å². The number of carboxylic acid groups (broad SMARTS) is 1. The van der Waals surface area contributed by atoms with Crippen LogP contribution in [0.4, 0.5) is 8.78 Å². The summed E-state index contributed by atoms with van der Waals surface area (Å²) in [5.41, 5.74) is 8.71. The van der Waals surface area contributed by atoms with Gasteiger partial charge in [-0.2, -0.15) is 0 Å². The minimum Gasteiger partial charge on any atom is -0.490 e. The zero-order valence-electron chi connectivity index (χ0n) is 22.5. The van der Waals surface area contributed by atoms with E-state index in [0.29, 0.717) is 31.0 Å². The van der Waals surface area contributed by atoms with Crippen LogP contribution in [0.15, 0.2) is 30.3 Å². The van der Waals surface area contributed by atoms with Gasteiger partial charge in [0.15, 0.2) is 11.6 Å². The molecule has 0 bridgehead atoms. The predicted molar refractivity (Wildman–Crippen MR) is 146 cm³/mol. The summed E-state index contributed by atoms with van der Waals surface area (Å²) in [6, 6.07) is 7.29. The molecule has 2 aliphatic carbocycles. The lowest BCUT2D eigenvalue weighted by molar-refractivity contribution is -0.136. The van der Waals surface area contributed by atoms with Gasteiger partial charge >= 0.3 is 5.97 Å². The van der Waals surface area contributed by atoms with Gasteiger partial charge in [-0.3, -0.25) is 9.59 Å². The van der Waals surface area contributed by atoms with Crippen LogP contribution in [0.25, 0.3) is 11.1 Å². The van der Waals surface area contributed by atoms with Gasteiger partial charge in [0, 0.05) is 24.2 Å². The smallest absolute Gasteiger partial charge is 0.307 e. The number of hydrogen-bond donors (Lipinski definition) is 1. The van der Waals surface area contributed by atoms with Crippen molar-refractivity contribution in [2.45, 2.75) is 76.8 Å². The van der Waals surface area contributed by atoms with Gasteiger partial charge < -0.3 is 14.7 Å². The van der Waals surface area contributed by atoms with E-state index in [4.69, 9.17) is 4.74 Å². The van der Waals surface area contributed by atoms with E-state index >= 15 is 4.39 Å². The highest BCUT2D eigenvalue weighted by Crippen LogP contribution is 2.56. The molecule has 0 aromatic heterocycles. The summed E-state index contributed by atoms with van der Waals surface area (Å²) < 4.78 is 35.2. The summed E-state index contributed by atoms with van der Waals surface area (Å²) in [7, 11) is 0. The molecule has 206 valence electrons. The number of aliphatic carboxylic acids is 1. The van der Waals surface area contributed by atoms with Gasteiger partial charge in [0.25, 0.3) is 5.91 Å². The summed E-state index contributed by atoms with van der Waals surface area (Å²) >= 11 is 0. The maximum atomic E-state index is 15.5. The Morgan fingerprint density at radius 2 is 1.70 bits per heavy atom. The van der Waals surface area contributed by atoms with Crippen LogP contribution < -0.4 is 4.74 Å². The van der Waals surface area contributed by atoms with Crippen molar-refractivity contribution < 1.29 is 28.2 Å². The monoisotopic (exact) mass is 543 g/mol. The van der Waals surface area contributed by atoms with E-state index in [-0.39, 0.29) is 24.2 Å². The molecule has 0 saturated heterocycles. The Morgan fingerprint density at radius 1 is 1.00 bits per heavy atom. The highest BCUT2D eigenvalue weighted by Gasteiger charge is 2.42. The lowest BCUT2D eigenvalue weighted by Crippen LogP contribution is -2.25. The first-order valence-corrected chi connectivity index (χ1v) is 14.2. The minimum absolute atomic E-state index is 0.152. The lowest BCUT2D eigenvalue weighted by Gasteiger charge is -2.27. The SMILES string of the molecule is Cc1c(-c2c(CC(=O)O)c(C3CC3)c3c(c2C2CC2)CN(C(=O)c2cccc(F)c2)C3)cc(F)c2c1CCCO2. The minimum atomic E-state index is -0.921. The number of carboxylic acids is 1. The maximum Gasteiger partial charge on any atom is 0.307 e. The molecular formula is C33H31F2NO4. The number of fused-ring (bicyclic) bond motifs is 2. The molecule has 7 rings (SSSR count). The molecule has 3 aromatic rings. The van der Waals surface area contributed by atoms with Crippen LogP contribution in [0.2, 0.25) is 0 Å². The first kappa shape index (κ1) is 25.2. The Balaban J connectivity index is 1.46. The van der Waals surface area contributed by atoms with Crippen LogP contribution in [-0.2, 0) is 30.7 Å². The highest BCUT2D eigenvalue weighted by atomic mass is 19.1. The van der Waals surface area contributed by atoms with Crippen LogP contribution >= 0.6 is 0 Å². The average Bonchev–Trinajstić information content (AvgIpc) is 3.87. The average molecular weight is 544 g/mol. The molecule has 3 aromatic carbocycles. The second kappa shape index (κ2) is 9.43. The third-order valence-corrected chi connectivity index (χ3v) is 8.97. The highest BCUT2D eigenvalue weighted by molar-refractivity contribution is 5.95. The van der Waals surface area contributed by atoms with E-state index in [0.717, 1.165) is 88.6 Å². The molecule has 2 heterocycles. The number of hydrogen-bond acceptors (Lipinski definition) is 3. The molecule has 0 unspecified atom stereocenters. The largest absolute Gasteiger partial charge is 0.490 e. The first-order chi connectivity index (χ1) is 19.3. The number of amides is 1. The topological polar surface area (TPSA) is 66.8 Å². The van der Waals surface area contributed by atoms with Crippen molar-refractivity contribution >= 4 is 11.9 Å². The second-order valence-electron chi connectivity index (χ2n) is 11.7. The molecule has 4 aliphatic rings. The molecule has 0 atom stereocenters. The van der Waals surface area contributed by atoms with Crippen LogP contribution in [0, 0.1) is 18.6 Å². The second-order valence-corrected chi connectivity index (χ2v) is 11.7. The zero-order chi connectivity index (χ0) is 27.7. The molecule has 40 heavy (non-hydrogen) atoms. The third-order valence-electron chi connectivity index (χ3n) is 8.97. The Hall–Kier alpha value is -3.74. The van der Waals surface area contributed by atoms with E-state index in [1.165, 1.54) is 18.2 Å². The molecule has 0 spiro atoms. The summed E-state index contributed by atoms with van der Waals surface area (Å²) in [5, 5.41) is 10.1. The van der Waals surface area contributed by atoms with Gasteiger partial charge in [0.2, 0.25) is 0 Å². The molecule has 1 amide bonds. The number of rotatable bonds is 6. The van der Waals surface area contributed by atoms with E-state index in [9.17, 15) is 19.1 Å². The molecule has 5 nitrogen and oxygen atoms in total. The molecule has 7 heteroatoms. The van der Waals surface area contributed by atoms with E-state index in [2.05, 4.69) is 0 Å². The summed E-state index contributed by atoms with van der Waals surface area (Å²) in [5.74, 6) is -1.25. The first-order valence-electron chi connectivity index (χ1n) is 14.2. The summed E-state index contributed by atoms with van der Waals surface area (Å²) in [4.78, 5) is 27.6. The summed E-state index contributed by atoms with van der Waals surface area (Å²) in [6.45, 7) is 3.23. The van der Waals surface area contributed by atoms with E-state index in [1.54, 1.807) is 17.0 Å². The van der Waals surface area contributed by atoms with E-state index in [1.807, 2.05) is 6.92 Å². The van der Waals surface area contributed by atoms with Gasteiger partial charge in [-0.05, 0) is 126 Å². The lowest BCUT2D eigenvalue weighted by atomic mass is 9.78. The molecule has 2 saturated carbocycles. The van der Waals surface area contributed by atoms with Crippen LogP contribution in [0.1, 0.15) is 93.2 Å². The number of carbonyl (C=O) groups is 2. The van der Waals surface area contributed by atoms with Gasteiger partial charge in [-0.1, -0.05) is 6.07 Å². The number of carbonyl (C=O) groups excluding carboxylic acids is 1. The summed E-state index contributed by atoms with van der Waals surface area (Å²) in [6.07, 6.45) is 5.25. The van der Waals surface area contributed by atoms with Gasteiger partial charge in [0.1, 0.15) is 5.82 Å². The quantitative estimate of drug-likeness (QED) is 0.371. The number of benzene rings is 3. The number of nitrogens with zero attached hydrogens (tertiary/aromatic N) is 1. The van der Waals surface area contributed by atoms with Crippen molar-refractivity contribution in [3.05, 3.63) is 86.5 Å². The standard InChI is InChI=1S/C33H31F2NO4/c1-17-22-6-3-11-40-32(22)27(35)13-23(17)31-24(14-28(37)38)29(18-7-8-18)25-15-36(16-26(25)30(31)19-9-10-19)33(39)20-4-2-5-21(34)12-20/h2,4-5,12-13,18-19H,3,6-11,14-16H2,1H3,(H,37,38). The fourth-order valence-electron chi connectivity index (χ4n) is 6.95. The van der Waals surface area contributed by atoms with Crippen LogP contribution in [0.5, 0.6) is 5.75 Å². The third kappa shape index (κ3) is 4.18.